The van der Waals surface area contributed by atoms with E-state index in [-0.39, 0.29) is 18.2 Å². The molecule has 2 amide bonds. The molecule has 0 saturated heterocycles. The van der Waals surface area contributed by atoms with Crippen LogP contribution in [0.15, 0.2) is 24.3 Å². The van der Waals surface area contributed by atoms with Gasteiger partial charge in [0.15, 0.2) is 0 Å². The van der Waals surface area contributed by atoms with Crippen LogP contribution >= 0.6 is 12.2 Å². The Labute approximate surface area is 129 Å². The predicted octanol–water partition coefficient (Wildman–Crippen LogP) is 0.648. The molecule has 1 fully saturated rings. The summed E-state index contributed by atoms with van der Waals surface area (Å²) in [6.07, 6.45) is 2.74. The molecule has 2 rings (SSSR count). The van der Waals surface area contributed by atoms with Crippen molar-refractivity contribution in [2.24, 2.45) is 5.73 Å². The number of carbonyl (C=O) groups is 2. The molecule has 1 aliphatic carbocycles. The zero-order valence-electron chi connectivity index (χ0n) is 11.7. The highest BCUT2D eigenvalue weighted by atomic mass is 32.1. The van der Waals surface area contributed by atoms with E-state index in [1.165, 1.54) is 0 Å². The molecule has 21 heavy (non-hydrogen) atoms. The molecule has 6 heteroatoms. The van der Waals surface area contributed by atoms with E-state index >= 15 is 0 Å². The topological polar surface area (TPSA) is 84.2 Å². The molecule has 1 aromatic rings. The molecule has 4 N–H and O–H groups in total. The monoisotopic (exact) mass is 305 g/mol. The normalized spacial score (nSPS) is 13.5. The van der Waals surface area contributed by atoms with Gasteiger partial charge in [-0.3, -0.25) is 9.59 Å². The van der Waals surface area contributed by atoms with Gasteiger partial charge >= 0.3 is 0 Å². The minimum absolute atomic E-state index is 0.00129. The summed E-state index contributed by atoms with van der Waals surface area (Å²) in [5, 5.41) is 5.62. The summed E-state index contributed by atoms with van der Waals surface area (Å²) in [5.74, 6) is -0.101. The Kier molecular flexibility index (Phi) is 5.27. The Balaban J connectivity index is 1.68. The molecule has 0 unspecified atom stereocenters. The van der Waals surface area contributed by atoms with Gasteiger partial charge in [0.05, 0.1) is 6.42 Å². The summed E-state index contributed by atoms with van der Waals surface area (Å²) in [7, 11) is 0. The largest absolute Gasteiger partial charge is 0.389 e. The zero-order valence-corrected chi connectivity index (χ0v) is 12.5. The second kappa shape index (κ2) is 7.17. The average Bonchev–Trinajstić information content (AvgIpc) is 3.23. The first-order chi connectivity index (χ1) is 10.0. The maximum absolute atomic E-state index is 11.8. The van der Waals surface area contributed by atoms with Crippen molar-refractivity contribution in [2.75, 3.05) is 6.54 Å². The lowest BCUT2D eigenvalue weighted by Gasteiger charge is -2.06. The standard InChI is InChI=1S/C15H19N3O2S/c16-15(21)11-3-1-10(2-4-11)9-14(20)17-8-7-13(19)18-12-5-6-12/h1-4,12H,5-9H2,(H2,16,21)(H,17,20)(H,18,19). The van der Waals surface area contributed by atoms with E-state index < -0.39 is 0 Å². The van der Waals surface area contributed by atoms with Crippen molar-refractivity contribution in [3.05, 3.63) is 35.4 Å². The quantitative estimate of drug-likeness (QED) is 0.646. The van der Waals surface area contributed by atoms with Crippen LogP contribution in [0.3, 0.4) is 0 Å². The van der Waals surface area contributed by atoms with Gasteiger partial charge in [-0.2, -0.15) is 0 Å². The molecule has 0 aromatic heterocycles. The molecule has 0 atom stereocenters. The molecule has 1 saturated carbocycles. The molecule has 0 radical (unpaired) electrons. The van der Waals surface area contributed by atoms with Crippen molar-refractivity contribution >= 4 is 29.0 Å². The van der Waals surface area contributed by atoms with Crippen molar-refractivity contribution in [3.63, 3.8) is 0 Å². The van der Waals surface area contributed by atoms with E-state index in [1.54, 1.807) is 12.1 Å². The van der Waals surface area contributed by atoms with Crippen LogP contribution in [-0.2, 0) is 16.0 Å². The number of thiocarbonyl (C=S) groups is 1. The van der Waals surface area contributed by atoms with Crippen LogP contribution in [0.4, 0.5) is 0 Å². The van der Waals surface area contributed by atoms with Crippen LogP contribution < -0.4 is 16.4 Å². The summed E-state index contributed by atoms with van der Waals surface area (Å²) in [5.41, 5.74) is 7.18. The summed E-state index contributed by atoms with van der Waals surface area (Å²) in [4.78, 5) is 23.5. The van der Waals surface area contributed by atoms with E-state index in [2.05, 4.69) is 10.6 Å². The molecule has 1 aromatic carbocycles. The average molecular weight is 305 g/mol. The number of nitrogens with one attached hydrogen (secondary N) is 2. The van der Waals surface area contributed by atoms with E-state index in [0.29, 0.717) is 24.0 Å². The molecular weight excluding hydrogens is 286 g/mol. The lowest BCUT2D eigenvalue weighted by molar-refractivity contribution is -0.122. The zero-order chi connectivity index (χ0) is 15.2. The number of benzene rings is 1. The van der Waals surface area contributed by atoms with Crippen LogP contribution in [0.1, 0.15) is 30.4 Å². The highest BCUT2D eigenvalue weighted by Gasteiger charge is 2.22. The van der Waals surface area contributed by atoms with Crippen LogP contribution in [0.25, 0.3) is 0 Å². The van der Waals surface area contributed by atoms with Gasteiger partial charge in [-0.15, -0.1) is 0 Å². The molecular formula is C15H19N3O2S. The Hall–Kier alpha value is -1.95. The minimum Gasteiger partial charge on any atom is -0.389 e. The fourth-order valence-electron chi connectivity index (χ4n) is 1.88. The Bertz CT molecular complexity index is 538. The van der Waals surface area contributed by atoms with Crippen LogP contribution in [0.5, 0.6) is 0 Å². The van der Waals surface area contributed by atoms with Gasteiger partial charge in [0.2, 0.25) is 11.8 Å². The van der Waals surface area contributed by atoms with E-state index in [9.17, 15) is 9.59 Å². The lowest BCUT2D eigenvalue weighted by Crippen LogP contribution is -2.32. The number of rotatable bonds is 7. The Morgan fingerprint density at radius 2 is 1.86 bits per heavy atom. The van der Waals surface area contributed by atoms with Gasteiger partial charge in [0, 0.05) is 24.6 Å². The smallest absolute Gasteiger partial charge is 0.224 e. The second-order valence-electron chi connectivity index (χ2n) is 5.18. The Morgan fingerprint density at radius 3 is 2.43 bits per heavy atom. The van der Waals surface area contributed by atoms with Gasteiger partial charge < -0.3 is 16.4 Å². The third-order valence-corrected chi connectivity index (χ3v) is 3.46. The predicted molar refractivity (Wildman–Crippen MR) is 84.8 cm³/mol. The first-order valence-electron chi connectivity index (χ1n) is 6.99. The molecule has 0 heterocycles. The number of amides is 2. The van der Waals surface area contributed by atoms with Gasteiger partial charge in [0.1, 0.15) is 4.99 Å². The molecule has 112 valence electrons. The van der Waals surface area contributed by atoms with E-state index in [0.717, 1.165) is 24.0 Å². The Morgan fingerprint density at radius 1 is 1.19 bits per heavy atom. The highest BCUT2D eigenvalue weighted by molar-refractivity contribution is 7.80. The first-order valence-corrected chi connectivity index (χ1v) is 7.40. The van der Waals surface area contributed by atoms with Crippen LogP contribution in [0, 0.1) is 0 Å². The van der Waals surface area contributed by atoms with Crippen molar-refractivity contribution in [3.8, 4) is 0 Å². The number of nitrogens with two attached hydrogens (primary N) is 1. The highest BCUT2D eigenvalue weighted by Crippen LogP contribution is 2.18. The van der Waals surface area contributed by atoms with Crippen molar-refractivity contribution < 1.29 is 9.59 Å². The van der Waals surface area contributed by atoms with Gasteiger partial charge in [-0.1, -0.05) is 36.5 Å². The molecule has 0 spiro atoms. The molecule has 1 aliphatic rings. The summed E-state index contributed by atoms with van der Waals surface area (Å²) < 4.78 is 0. The summed E-state index contributed by atoms with van der Waals surface area (Å²) in [6.45, 7) is 0.363. The number of hydrogen-bond donors (Lipinski definition) is 3. The van der Waals surface area contributed by atoms with Crippen LogP contribution in [-0.4, -0.2) is 29.4 Å². The maximum atomic E-state index is 11.8. The summed E-state index contributed by atoms with van der Waals surface area (Å²) in [6, 6.07) is 7.62. The van der Waals surface area contributed by atoms with Gasteiger partial charge in [-0.05, 0) is 18.4 Å². The number of carbonyl (C=O) groups excluding carboxylic acids is 2. The van der Waals surface area contributed by atoms with Gasteiger partial charge in [-0.25, -0.2) is 0 Å². The minimum atomic E-state index is -0.0997. The van der Waals surface area contributed by atoms with Gasteiger partial charge in [0.25, 0.3) is 0 Å². The fraction of sp³-hybridized carbons (Fsp3) is 0.400. The summed E-state index contributed by atoms with van der Waals surface area (Å²) >= 11 is 4.87. The lowest BCUT2D eigenvalue weighted by atomic mass is 10.1. The first kappa shape index (κ1) is 15.4. The SMILES string of the molecule is NC(=S)c1ccc(CC(=O)NCCC(=O)NC2CC2)cc1. The third kappa shape index (κ3) is 5.51. The second-order valence-corrected chi connectivity index (χ2v) is 5.62. The third-order valence-electron chi connectivity index (χ3n) is 3.22. The molecule has 5 nitrogen and oxygen atoms in total. The fourth-order valence-corrected chi connectivity index (χ4v) is 2.01. The van der Waals surface area contributed by atoms with E-state index in [1.807, 2.05) is 12.1 Å². The molecule has 0 aliphatic heterocycles. The number of hydrogen-bond acceptors (Lipinski definition) is 3. The van der Waals surface area contributed by atoms with Crippen LogP contribution in [0.2, 0.25) is 0 Å². The molecule has 0 bridgehead atoms. The van der Waals surface area contributed by atoms with E-state index in [4.69, 9.17) is 18.0 Å². The maximum Gasteiger partial charge on any atom is 0.224 e. The van der Waals surface area contributed by atoms with Crippen molar-refractivity contribution in [2.45, 2.75) is 31.7 Å². The van der Waals surface area contributed by atoms with Crippen molar-refractivity contribution in [1.82, 2.24) is 10.6 Å². The van der Waals surface area contributed by atoms with Crippen molar-refractivity contribution in [1.29, 1.82) is 0 Å².